The van der Waals surface area contributed by atoms with Crippen LogP contribution in [0.2, 0.25) is 0 Å². The molecule has 24 heavy (non-hydrogen) atoms. The topological polar surface area (TPSA) is 117 Å². The van der Waals surface area contributed by atoms with E-state index in [1.807, 2.05) is 12.2 Å². The third-order valence-corrected chi connectivity index (χ3v) is 2.81. The SMILES string of the molecule is CCOc1cc(/C=C/C(=O)O[C@H](C)C(=O)NC(N)=O)ccc1OC. The van der Waals surface area contributed by atoms with E-state index in [2.05, 4.69) is 0 Å². The molecule has 0 bridgehead atoms. The number of rotatable bonds is 7. The molecule has 3 amide bonds. The normalized spacial score (nSPS) is 11.6. The zero-order chi connectivity index (χ0) is 18.1. The number of esters is 1. The molecular formula is C16H20N2O6. The molecule has 8 heteroatoms. The molecule has 1 atom stereocenters. The molecule has 0 fully saturated rings. The van der Waals surface area contributed by atoms with E-state index in [0.717, 1.165) is 6.08 Å². The van der Waals surface area contributed by atoms with E-state index in [0.29, 0.717) is 23.7 Å². The van der Waals surface area contributed by atoms with Crippen molar-refractivity contribution in [3.63, 3.8) is 0 Å². The zero-order valence-corrected chi connectivity index (χ0v) is 13.7. The molecule has 8 nitrogen and oxygen atoms in total. The van der Waals surface area contributed by atoms with Gasteiger partial charge in [-0.3, -0.25) is 10.1 Å². The quantitative estimate of drug-likeness (QED) is 0.571. The Hall–Kier alpha value is -3.03. The van der Waals surface area contributed by atoms with Crippen LogP contribution in [0.15, 0.2) is 24.3 Å². The zero-order valence-electron chi connectivity index (χ0n) is 13.7. The van der Waals surface area contributed by atoms with Crippen LogP contribution in [0.25, 0.3) is 6.08 Å². The highest BCUT2D eigenvalue weighted by molar-refractivity contribution is 5.97. The first-order chi connectivity index (χ1) is 11.4. The summed E-state index contributed by atoms with van der Waals surface area (Å²) in [5, 5.41) is 1.82. The van der Waals surface area contributed by atoms with E-state index >= 15 is 0 Å². The lowest BCUT2D eigenvalue weighted by atomic mass is 10.2. The van der Waals surface area contributed by atoms with Crippen molar-refractivity contribution in [2.24, 2.45) is 5.73 Å². The summed E-state index contributed by atoms with van der Waals surface area (Å²) in [5.41, 5.74) is 5.50. The van der Waals surface area contributed by atoms with Gasteiger partial charge in [-0.1, -0.05) is 6.07 Å². The van der Waals surface area contributed by atoms with Gasteiger partial charge in [0.15, 0.2) is 17.6 Å². The molecule has 130 valence electrons. The summed E-state index contributed by atoms with van der Waals surface area (Å²) in [7, 11) is 1.53. The van der Waals surface area contributed by atoms with Crippen molar-refractivity contribution in [3.05, 3.63) is 29.8 Å². The lowest BCUT2D eigenvalue weighted by molar-refractivity contribution is -0.149. The molecule has 0 radical (unpaired) electrons. The number of benzene rings is 1. The Morgan fingerprint density at radius 1 is 1.29 bits per heavy atom. The van der Waals surface area contributed by atoms with E-state index in [9.17, 15) is 14.4 Å². The number of hydrogen-bond acceptors (Lipinski definition) is 6. The minimum absolute atomic E-state index is 0.470. The molecule has 0 aromatic heterocycles. The van der Waals surface area contributed by atoms with Crippen molar-refractivity contribution in [2.75, 3.05) is 13.7 Å². The molecule has 0 aliphatic heterocycles. The van der Waals surface area contributed by atoms with Crippen molar-refractivity contribution in [1.82, 2.24) is 5.32 Å². The Morgan fingerprint density at radius 2 is 2.00 bits per heavy atom. The number of primary amides is 1. The van der Waals surface area contributed by atoms with Gasteiger partial charge in [-0.2, -0.15) is 0 Å². The second-order valence-corrected chi connectivity index (χ2v) is 4.61. The highest BCUT2D eigenvalue weighted by atomic mass is 16.5. The number of imide groups is 1. The molecule has 0 heterocycles. The predicted octanol–water partition coefficient (Wildman–Crippen LogP) is 1.23. The minimum atomic E-state index is -1.15. The minimum Gasteiger partial charge on any atom is -0.493 e. The second kappa shape index (κ2) is 9.19. The lowest BCUT2D eigenvalue weighted by Crippen LogP contribution is -2.42. The summed E-state index contributed by atoms with van der Waals surface area (Å²) in [6.45, 7) is 3.64. The van der Waals surface area contributed by atoms with Crippen LogP contribution in [-0.2, 0) is 14.3 Å². The van der Waals surface area contributed by atoms with Gasteiger partial charge >= 0.3 is 12.0 Å². The number of hydrogen-bond donors (Lipinski definition) is 2. The number of nitrogens with two attached hydrogens (primary N) is 1. The summed E-state index contributed by atoms with van der Waals surface area (Å²) in [4.78, 5) is 33.7. The fourth-order valence-electron chi connectivity index (χ4n) is 1.72. The van der Waals surface area contributed by atoms with E-state index in [1.54, 1.807) is 18.2 Å². The first kappa shape index (κ1) is 19.0. The first-order valence-electron chi connectivity index (χ1n) is 7.17. The van der Waals surface area contributed by atoms with Crippen molar-refractivity contribution < 1.29 is 28.6 Å². The molecule has 1 rings (SSSR count). The van der Waals surface area contributed by atoms with E-state index in [1.165, 1.54) is 20.1 Å². The summed E-state index contributed by atoms with van der Waals surface area (Å²) < 4.78 is 15.5. The Morgan fingerprint density at radius 3 is 2.58 bits per heavy atom. The van der Waals surface area contributed by atoms with Crippen LogP contribution < -0.4 is 20.5 Å². The molecule has 3 N–H and O–H groups in total. The molecular weight excluding hydrogens is 316 g/mol. The maximum absolute atomic E-state index is 11.7. The van der Waals surface area contributed by atoms with Crippen LogP contribution in [0.5, 0.6) is 11.5 Å². The molecule has 1 aromatic rings. The molecule has 0 aliphatic rings. The van der Waals surface area contributed by atoms with Crippen molar-refractivity contribution in [3.8, 4) is 11.5 Å². The number of amides is 3. The van der Waals surface area contributed by atoms with Gasteiger partial charge in [0.1, 0.15) is 0 Å². The van der Waals surface area contributed by atoms with Gasteiger partial charge in [0.25, 0.3) is 5.91 Å². The smallest absolute Gasteiger partial charge is 0.331 e. The molecule has 0 unspecified atom stereocenters. The van der Waals surface area contributed by atoms with E-state index < -0.39 is 24.0 Å². The van der Waals surface area contributed by atoms with Gasteiger partial charge in [-0.05, 0) is 37.6 Å². The lowest BCUT2D eigenvalue weighted by Gasteiger charge is -2.10. The van der Waals surface area contributed by atoms with E-state index in [-0.39, 0.29) is 0 Å². The molecule has 0 saturated heterocycles. The highest BCUT2D eigenvalue weighted by Crippen LogP contribution is 2.28. The van der Waals surface area contributed by atoms with Crippen LogP contribution in [0.4, 0.5) is 4.79 Å². The van der Waals surface area contributed by atoms with Crippen LogP contribution in [-0.4, -0.2) is 37.7 Å². The van der Waals surface area contributed by atoms with Gasteiger partial charge < -0.3 is 19.9 Å². The number of nitrogens with one attached hydrogen (secondary N) is 1. The second-order valence-electron chi connectivity index (χ2n) is 4.61. The number of urea groups is 1. The molecule has 0 aliphatic carbocycles. The van der Waals surface area contributed by atoms with E-state index in [4.69, 9.17) is 19.9 Å². The molecule has 1 aromatic carbocycles. The summed E-state index contributed by atoms with van der Waals surface area (Å²) in [5.74, 6) is -0.415. The van der Waals surface area contributed by atoms with Gasteiger partial charge in [0, 0.05) is 6.08 Å². The van der Waals surface area contributed by atoms with Crippen molar-refractivity contribution in [1.29, 1.82) is 0 Å². The largest absolute Gasteiger partial charge is 0.493 e. The van der Waals surface area contributed by atoms with Gasteiger partial charge in [0.05, 0.1) is 13.7 Å². The molecule has 0 spiro atoms. The maximum atomic E-state index is 11.7. The number of carbonyl (C=O) groups is 3. The van der Waals surface area contributed by atoms with Crippen LogP contribution >= 0.6 is 0 Å². The Balaban J connectivity index is 2.71. The van der Waals surface area contributed by atoms with Crippen molar-refractivity contribution >= 4 is 24.0 Å². The molecule has 0 saturated carbocycles. The fourth-order valence-corrected chi connectivity index (χ4v) is 1.72. The van der Waals surface area contributed by atoms with Crippen LogP contribution in [0.1, 0.15) is 19.4 Å². The standard InChI is InChI=1S/C16H20N2O6/c1-4-23-13-9-11(5-7-12(13)22-3)6-8-14(19)24-10(2)15(20)18-16(17)21/h5-10H,4H2,1-3H3,(H3,17,18,20,21)/b8-6+/t10-/m1/s1. The average molecular weight is 336 g/mol. The first-order valence-corrected chi connectivity index (χ1v) is 7.17. The van der Waals surface area contributed by atoms with Gasteiger partial charge in [0.2, 0.25) is 0 Å². The number of methoxy groups -OCH3 is 1. The Labute approximate surface area is 139 Å². The Kier molecular flexibility index (Phi) is 7.28. The average Bonchev–Trinajstić information content (AvgIpc) is 2.52. The third kappa shape index (κ3) is 5.99. The summed E-state index contributed by atoms with van der Waals surface area (Å²) >= 11 is 0. The van der Waals surface area contributed by atoms with Gasteiger partial charge in [-0.25, -0.2) is 9.59 Å². The van der Waals surface area contributed by atoms with Crippen molar-refractivity contribution in [2.45, 2.75) is 20.0 Å². The summed E-state index contributed by atoms with van der Waals surface area (Å²) in [6, 6.07) is 4.13. The maximum Gasteiger partial charge on any atom is 0.331 e. The highest BCUT2D eigenvalue weighted by Gasteiger charge is 2.17. The summed E-state index contributed by atoms with van der Waals surface area (Å²) in [6.07, 6.45) is 1.51. The third-order valence-electron chi connectivity index (χ3n) is 2.81. The predicted molar refractivity (Wildman–Crippen MR) is 86.5 cm³/mol. The number of carbonyl (C=O) groups excluding carboxylic acids is 3. The Bertz CT molecular complexity index is 641. The van der Waals surface area contributed by atoms with Crippen LogP contribution in [0, 0.1) is 0 Å². The number of ether oxygens (including phenoxy) is 3. The monoisotopic (exact) mass is 336 g/mol. The van der Waals surface area contributed by atoms with Crippen LogP contribution in [0.3, 0.4) is 0 Å². The fraction of sp³-hybridized carbons (Fsp3) is 0.312. The van der Waals surface area contributed by atoms with Gasteiger partial charge in [-0.15, -0.1) is 0 Å².